The Labute approximate surface area is 120 Å². The second kappa shape index (κ2) is 6.73. The Kier molecular flexibility index (Phi) is 4.99. The van der Waals surface area contributed by atoms with Crippen molar-refractivity contribution in [2.24, 2.45) is 0 Å². The Hall–Kier alpha value is -1.58. The third-order valence-corrected chi connectivity index (χ3v) is 3.61. The summed E-state index contributed by atoms with van der Waals surface area (Å²) >= 11 is 0. The first kappa shape index (κ1) is 14.8. The summed E-state index contributed by atoms with van der Waals surface area (Å²) in [5.41, 5.74) is -0.278. The highest BCUT2D eigenvalue weighted by molar-refractivity contribution is 5.88. The normalized spacial score (nSPS) is 14.2. The first-order chi connectivity index (χ1) is 9.68. The summed E-state index contributed by atoms with van der Waals surface area (Å²) in [6.45, 7) is 5.59. The number of hydrogen-bond acceptors (Lipinski definition) is 3. The van der Waals surface area contributed by atoms with E-state index in [9.17, 15) is 5.11 Å². The molecule has 1 unspecified atom stereocenters. The number of fused-ring (bicyclic) bond motifs is 1. The van der Waals surface area contributed by atoms with Crippen molar-refractivity contribution in [1.82, 2.24) is 5.32 Å². The van der Waals surface area contributed by atoms with Gasteiger partial charge in [-0.2, -0.15) is 0 Å². The topological polar surface area (TPSA) is 41.5 Å². The van der Waals surface area contributed by atoms with Gasteiger partial charge in [0, 0.05) is 17.3 Å². The van der Waals surface area contributed by atoms with Crippen LogP contribution in [0.2, 0.25) is 0 Å². The summed E-state index contributed by atoms with van der Waals surface area (Å²) in [7, 11) is 0. The highest BCUT2D eigenvalue weighted by Gasteiger charge is 2.21. The molecule has 0 spiro atoms. The van der Waals surface area contributed by atoms with E-state index < -0.39 is 0 Å². The molecule has 0 fully saturated rings. The number of hydrogen-bond donors (Lipinski definition) is 2. The standard InChI is InChI=1S/C17H23NO2/c1-3-18-17(2,13-19)11-12-20-16-10-6-8-14-7-4-5-9-15(14)16/h4-10,18-19H,3,11-13H2,1-2H3. The molecule has 2 rings (SSSR count). The predicted molar refractivity (Wildman–Crippen MR) is 83.2 cm³/mol. The minimum absolute atomic E-state index is 0.111. The highest BCUT2D eigenvalue weighted by Crippen LogP contribution is 2.25. The number of likely N-dealkylation sites (N-methyl/N-ethyl adjacent to an activating group) is 1. The average Bonchev–Trinajstić information content (AvgIpc) is 2.48. The van der Waals surface area contributed by atoms with Crippen LogP contribution in [0.25, 0.3) is 10.8 Å². The largest absolute Gasteiger partial charge is 0.493 e. The average molecular weight is 273 g/mol. The molecule has 1 atom stereocenters. The minimum atomic E-state index is -0.278. The lowest BCUT2D eigenvalue weighted by molar-refractivity contribution is 0.146. The van der Waals surface area contributed by atoms with Gasteiger partial charge in [-0.1, -0.05) is 43.3 Å². The van der Waals surface area contributed by atoms with Gasteiger partial charge >= 0.3 is 0 Å². The van der Waals surface area contributed by atoms with E-state index in [-0.39, 0.29) is 12.1 Å². The van der Waals surface area contributed by atoms with Crippen molar-refractivity contribution in [3.8, 4) is 5.75 Å². The van der Waals surface area contributed by atoms with Crippen LogP contribution in [-0.2, 0) is 0 Å². The van der Waals surface area contributed by atoms with E-state index in [1.807, 2.05) is 38.1 Å². The molecule has 0 saturated heterocycles. The summed E-state index contributed by atoms with van der Waals surface area (Å²) in [5, 5.41) is 15.1. The Balaban J connectivity index is 2.03. The first-order valence-corrected chi connectivity index (χ1v) is 7.15. The number of benzene rings is 2. The molecule has 0 aromatic heterocycles. The molecule has 0 bridgehead atoms. The zero-order valence-electron chi connectivity index (χ0n) is 12.2. The maximum atomic E-state index is 9.47. The maximum Gasteiger partial charge on any atom is 0.127 e. The van der Waals surface area contributed by atoms with Gasteiger partial charge in [0.1, 0.15) is 5.75 Å². The molecule has 3 heteroatoms. The van der Waals surface area contributed by atoms with Crippen LogP contribution in [0.15, 0.2) is 42.5 Å². The van der Waals surface area contributed by atoms with Gasteiger partial charge in [0.25, 0.3) is 0 Å². The molecule has 2 aromatic carbocycles. The molecule has 0 aliphatic rings. The van der Waals surface area contributed by atoms with Crippen molar-refractivity contribution >= 4 is 10.8 Å². The molecule has 20 heavy (non-hydrogen) atoms. The molecule has 0 heterocycles. The number of nitrogens with one attached hydrogen (secondary N) is 1. The van der Waals surface area contributed by atoms with Crippen molar-refractivity contribution in [2.45, 2.75) is 25.8 Å². The Morgan fingerprint density at radius 3 is 2.65 bits per heavy atom. The van der Waals surface area contributed by atoms with Gasteiger partial charge in [-0.05, 0) is 24.9 Å². The van der Waals surface area contributed by atoms with Gasteiger partial charge in [-0.3, -0.25) is 0 Å². The van der Waals surface area contributed by atoms with Crippen molar-refractivity contribution in [3.63, 3.8) is 0 Å². The number of ether oxygens (including phenoxy) is 1. The van der Waals surface area contributed by atoms with E-state index in [4.69, 9.17) is 4.74 Å². The van der Waals surface area contributed by atoms with Gasteiger partial charge in [0.05, 0.1) is 13.2 Å². The minimum Gasteiger partial charge on any atom is -0.493 e. The molecule has 0 radical (unpaired) electrons. The van der Waals surface area contributed by atoms with Gasteiger partial charge in [-0.25, -0.2) is 0 Å². The summed E-state index contributed by atoms with van der Waals surface area (Å²) in [4.78, 5) is 0. The van der Waals surface area contributed by atoms with Crippen LogP contribution in [0, 0.1) is 0 Å². The van der Waals surface area contributed by atoms with Gasteiger partial charge in [0.2, 0.25) is 0 Å². The fourth-order valence-corrected chi connectivity index (χ4v) is 2.36. The van der Waals surface area contributed by atoms with Crippen molar-refractivity contribution in [2.75, 3.05) is 19.8 Å². The summed E-state index contributed by atoms with van der Waals surface area (Å²) in [6, 6.07) is 14.3. The van der Waals surface area contributed by atoms with E-state index in [1.54, 1.807) is 0 Å². The van der Waals surface area contributed by atoms with Crippen LogP contribution in [0.5, 0.6) is 5.75 Å². The molecule has 0 aliphatic carbocycles. The van der Waals surface area contributed by atoms with Crippen LogP contribution in [-0.4, -0.2) is 30.4 Å². The Bertz CT molecular complexity index is 550. The van der Waals surface area contributed by atoms with E-state index in [1.165, 1.54) is 5.39 Å². The van der Waals surface area contributed by atoms with Crippen LogP contribution >= 0.6 is 0 Å². The molecule has 0 amide bonds. The molecular formula is C17H23NO2. The SMILES string of the molecule is CCNC(C)(CO)CCOc1cccc2ccccc12. The Morgan fingerprint density at radius 1 is 1.15 bits per heavy atom. The zero-order chi connectivity index (χ0) is 14.4. The molecule has 2 aromatic rings. The maximum absolute atomic E-state index is 9.47. The van der Waals surface area contributed by atoms with E-state index >= 15 is 0 Å². The molecule has 3 nitrogen and oxygen atoms in total. The van der Waals surface area contributed by atoms with Crippen molar-refractivity contribution in [3.05, 3.63) is 42.5 Å². The monoisotopic (exact) mass is 273 g/mol. The van der Waals surface area contributed by atoms with E-state index in [0.29, 0.717) is 6.61 Å². The lowest BCUT2D eigenvalue weighted by atomic mass is 10.00. The highest BCUT2D eigenvalue weighted by atomic mass is 16.5. The van der Waals surface area contributed by atoms with Crippen LogP contribution < -0.4 is 10.1 Å². The smallest absolute Gasteiger partial charge is 0.127 e. The van der Waals surface area contributed by atoms with Crippen molar-refractivity contribution in [1.29, 1.82) is 0 Å². The van der Waals surface area contributed by atoms with Gasteiger partial charge in [0.15, 0.2) is 0 Å². The van der Waals surface area contributed by atoms with Crippen LogP contribution in [0.4, 0.5) is 0 Å². The van der Waals surface area contributed by atoms with Crippen LogP contribution in [0.1, 0.15) is 20.3 Å². The fraction of sp³-hybridized carbons (Fsp3) is 0.412. The second-order valence-corrected chi connectivity index (χ2v) is 5.32. The fourth-order valence-electron chi connectivity index (χ4n) is 2.36. The van der Waals surface area contributed by atoms with Crippen molar-refractivity contribution < 1.29 is 9.84 Å². The molecule has 2 N–H and O–H groups in total. The summed E-state index contributed by atoms with van der Waals surface area (Å²) in [6.07, 6.45) is 0.764. The molecule has 108 valence electrons. The van der Waals surface area contributed by atoms with E-state index in [2.05, 4.69) is 23.5 Å². The number of rotatable bonds is 7. The van der Waals surface area contributed by atoms with E-state index in [0.717, 1.165) is 24.1 Å². The molecular weight excluding hydrogens is 250 g/mol. The van der Waals surface area contributed by atoms with Gasteiger partial charge in [-0.15, -0.1) is 0 Å². The lowest BCUT2D eigenvalue weighted by Gasteiger charge is -2.28. The van der Waals surface area contributed by atoms with Gasteiger partial charge < -0.3 is 15.2 Å². The predicted octanol–water partition coefficient (Wildman–Crippen LogP) is 2.97. The van der Waals surface area contributed by atoms with Crippen LogP contribution in [0.3, 0.4) is 0 Å². The third kappa shape index (κ3) is 3.50. The second-order valence-electron chi connectivity index (χ2n) is 5.32. The quantitative estimate of drug-likeness (QED) is 0.815. The molecule has 0 aliphatic heterocycles. The Morgan fingerprint density at radius 2 is 1.90 bits per heavy atom. The summed E-state index contributed by atoms with van der Waals surface area (Å²) < 4.78 is 5.91. The number of aliphatic hydroxyl groups is 1. The first-order valence-electron chi connectivity index (χ1n) is 7.15. The molecule has 0 saturated carbocycles. The third-order valence-electron chi connectivity index (χ3n) is 3.61. The zero-order valence-corrected chi connectivity index (χ0v) is 12.2. The number of aliphatic hydroxyl groups excluding tert-OH is 1. The lowest BCUT2D eigenvalue weighted by Crippen LogP contribution is -2.46. The summed E-state index contributed by atoms with van der Waals surface area (Å²) in [5.74, 6) is 0.903.